The van der Waals surface area contributed by atoms with Crippen LogP contribution in [0.15, 0.2) is 97.5 Å². The van der Waals surface area contributed by atoms with Crippen LogP contribution in [0.1, 0.15) is 12.6 Å². The van der Waals surface area contributed by atoms with Crippen LogP contribution in [0.25, 0.3) is 50.2 Å². The van der Waals surface area contributed by atoms with E-state index in [4.69, 9.17) is 4.98 Å². The third kappa shape index (κ3) is 5.42. The summed E-state index contributed by atoms with van der Waals surface area (Å²) in [5, 5.41) is 11.9. The lowest BCUT2D eigenvalue weighted by atomic mass is 10.1. The van der Waals surface area contributed by atoms with Crippen molar-refractivity contribution in [2.45, 2.75) is 6.92 Å². The second-order valence-corrected chi connectivity index (χ2v) is 9.49. The number of aromatic amines is 2. The van der Waals surface area contributed by atoms with Gasteiger partial charge in [0.2, 0.25) is 0 Å². The zero-order chi connectivity index (χ0) is 27.5. The van der Waals surface area contributed by atoms with E-state index in [9.17, 15) is 4.39 Å². The van der Waals surface area contributed by atoms with Gasteiger partial charge in [-0.05, 0) is 75.1 Å². The highest BCUT2D eigenvalue weighted by molar-refractivity contribution is 5.99. The molecule has 0 aliphatic heterocycles. The zero-order valence-corrected chi connectivity index (χ0v) is 22.2. The first-order chi connectivity index (χ1) is 18.9. The fourth-order valence-electron chi connectivity index (χ4n) is 4.54. The molecule has 196 valence electrons. The molecule has 0 atom stereocenters. The minimum absolute atomic E-state index is 0.303. The number of hydrogen-bond acceptors (Lipinski definition) is 5. The number of fused-ring (bicyclic) bond motifs is 2. The van der Waals surface area contributed by atoms with E-state index in [1.165, 1.54) is 12.1 Å². The fraction of sp³-hybridized carbons (Fsp3) is 0.129. The number of aromatic nitrogens is 5. The molecule has 0 radical (unpaired) electrons. The maximum Gasteiger partial charge on any atom is 0.135 e. The maximum absolute atomic E-state index is 13.9. The number of rotatable bonds is 9. The number of hydrogen-bond donors (Lipinski definition) is 3. The Hall–Kier alpha value is -4.82. The van der Waals surface area contributed by atoms with Gasteiger partial charge in [-0.1, -0.05) is 31.4 Å². The molecular formula is C31H30FN7. The second-order valence-electron chi connectivity index (χ2n) is 9.49. The van der Waals surface area contributed by atoms with Crippen LogP contribution in [-0.2, 0) is 0 Å². The van der Waals surface area contributed by atoms with E-state index in [-0.39, 0.29) is 5.82 Å². The summed E-state index contributed by atoms with van der Waals surface area (Å²) in [6, 6.07) is 14.3. The van der Waals surface area contributed by atoms with Crippen LogP contribution in [0, 0.1) is 5.82 Å². The van der Waals surface area contributed by atoms with Crippen molar-refractivity contribution < 1.29 is 4.39 Å². The van der Waals surface area contributed by atoms with Gasteiger partial charge in [-0.25, -0.2) is 9.37 Å². The molecule has 1 aromatic carbocycles. The van der Waals surface area contributed by atoms with Crippen LogP contribution >= 0.6 is 0 Å². The predicted octanol–water partition coefficient (Wildman–Crippen LogP) is 6.45. The Morgan fingerprint density at radius 3 is 2.69 bits per heavy atom. The van der Waals surface area contributed by atoms with E-state index in [0.717, 1.165) is 50.3 Å². The van der Waals surface area contributed by atoms with Gasteiger partial charge < -0.3 is 15.2 Å². The fourth-order valence-corrected chi connectivity index (χ4v) is 4.54. The van der Waals surface area contributed by atoms with Crippen LogP contribution in [0.4, 0.5) is 4.39 Å². The van der Waals surface area contributed by atoms with E-state index in [1.807, 2.05) is 68.4 Å². The third-order valence-electron chi connectivity index (χ3n) is 6.27. The number of nitrogens with one attached hydrogen (secondary N) is 3. The zero-order valence-electron chi connectivity index (χ0n) is 22.2. The molecule has 4 aromatic heterocycles. The molecule has 5 aromatic rings. The molecule has 0 aliphatic rings. The summed E-state index contributed by atoms with van der Waals surface area (Å²) in [4.78, 5) is 15.0. The number of pyridine rings is 2. The summed E-state index contributed by atoms with van der Waals surface area (Å²) in [6.07, 6.45) is 7.49. The van der Waals surface area contributed by atoms with Crippen LogP contribution in [0.5, 0.6) is 0 Å². The third-order valence-corrected chi connectivity index (χ3v) is 6.27. The van der Waals surface area contributed by atoms with Crippen molar-refractivity contribution in [3.8, 4) is 22.6 Å². The molecule has 0 aliphatic carbocycles. The van der Waals surface area contributed by atoms with Crippen LogP contribution in [0.3, 0.4) is 0 Å². The molecular weight excluding hydrogens is 489 g/mol. The Morgan fingerprint density at radius 2 is 1.95 bits per heavy atom. The van der Waals surface area contributed by atoms with Crippen molar-refractivity contribution in [1.82, 2.24) is 35.4 Å². The molecule has 8 heteroatoms. The summed E-state index contributed by atoms with van der Waals surface area (Å²) in [5.74, 6) is -0.303. The molecule has 0 saturated carbocycles. The van der Waals surface area contributed by atoms with Crippen LogP contribution in [0.2, 0.25) is 0 Å². The maximum atomic E-state index is 13.9. The molecule has 0 unspecified atom stereocenters. The quantitative estimate of drug-likeness (QED) is 0.195. The highest BCUT2D eigenvalue weighted by Crippen LogP contribution is 2.33. The van der Waals surface area contributed by atoms with Crippen LogP contribution < -0.4 is 5.32 Å². The van der Waals surface area contributed by atoms with Crippen molar-refractivity contribution in [2.24, 2.45) is 0 Å². The average Bonchev–Trinajstić information content (AvgIpc) is 3.54. The SMILES string of the molecule is C=C/C(=C\C(=C/C)c1ccc2[nH]nc(-c3cc4c(-c5cccc(F)c5)nccc4[nH]3)c2n1)NC(=C)CN(C)C. The van der Waals surface area contributed by atoms with Crippen molar-refractivity contribution in [3.05, 3.63) is 109 Å². The lowest BCUT2D eigenvalue weighted by Crippen LogP contribution is -2.23. The van der Waals surface area contributed by atoms with Crippen molar-refractivity contribution >= 4 is 27.5 Å². The number of halogens is 1. The molecule has 0 amide bonds. The Kier molecular flexibility index (Phi) is 7.21. The summed E-state index contributed by atoms with van der Waals surface area (Å²) in [7, 11) is 3.99. The first-order valence-corrected chi connectivity index (χ1v) is 12.6. The molecule has 5 rings (SSSR count). The Morgan fingerprint density at radius 1 is 1.10 bits per heavy atom. The highest BCUT2D eigenvalue weighted by Gasteiger charge is 2.16. The first kappa shape index (κ1) is 25.8. The Balaban J connectivity index is 1.53. The van der Waals surface area contributed by atoms with Crippen molar-refractivity contribution in [1.29, 1.82) is 0 Å². The number of nitrogens with zero attached hydrogens (tertiary/aromatic N) is 4. The van der Waals surface area contributed by atoms with Gasteiger partial charge in [0.1, 0.15) is 17.0 Å². The summed E-state index contributed by atoms with van der Waals surface area (Å²) in [6.45, 7) is 10.7. The standard InChI is InChI=1S/C31H30FN7/c1-6-20(16-23(7-2)34-19(3)18-39(4)5)25-11-12-27-30(36-25)31(38-37-27)28-17-24-26(35-28)13-14-33-29(24)21-9-8-10-22(32)15-21/h6-17,34-35H,2-3,18H2,1,4-5H3,(H,37,38)/b20-6+,23-16+. The van der Waals surface area contributed by atoms with Gasteiger partial charge in [0.05, 0.1) is 22.6 Å². The van der Waals surface area contributed by atoms with Gasteiger partial charge in [0.25, 0.3) is 0 Å². The van der Waals surface area contributed by atoms with Crippen molar-refractivity contribution in [2.75, 3.05) is 20.6 Å². The van der Waals surface area contributed by atoms with E-state index in [2.05, 4.69) is 38.6 Å². The molecule has 39 heavy (non-hydrogen) atoms. The normalized spacial score (nSPS) is 12.4. The Bertz CT molecular complexity index is 1750. The van der Waals surface area contributed by atoms with E-state index >= 15 is 0 Å². The largest absolute Gasteiger partial charge is 0.358 e. The number of benzene rings is 1. The lowest BCUT2D eigenvalue weighted by molar-refractivity contribution is 0.438. The van der Waals surface area contributed by atoms with E-state index < -0.39 is 0 Å². The highest BCUT2D eigenvalue weighted by atomic mass is 19.1. The van der Waals surface area contributed by atoms with Gasteiger partial charge in [0, 0.05) is 40.6 Å². The summed E-state index contributed by atoms with van der Waals surface area (Å²) in [5.41, 5.74) is 8.74. The van der Waals surface area contributed by atoms with Crippen molar-refractivity contribution in [3.63, 3.8) is 0 Å². The Labute approximate surface area is 226 Å². The second kappa shape index (κ2) is 10.9. The van der Waals surface area contributed by atoms with E-state index in [1.54, 1.807) is 18.3 Å². The van der Waals surface area contributed by atoms with E-state index in [0.29, 0.717) is 23.5 Å². The first-order valence-electron chi connectivity index (χ1n) is 12.6. The minimum atomic E-state index is -0.303. The average molecular weight is 520 g/mol. The molecule has 0 bridgehead atoms. The summed E-state index contributed by atoms with van der Waals surface area (Å²) < 4.78 is 13.9. The molecule has 0 fully saturated rings. The molecule has 4 heterocycles. The van der Waals surface area contributed by atoms with Crippen LogP contribution in [-0.4, -0.2) is 50.7 Å². The minimum Gasteiger partial charge on any atom is -0.358 e. The molecule has 7 nitrogen and oxygen atoms in total. The monoisotopic (exact) mass is 519 g/mol. The molecule has 0 saturated heterocycles. The summed E-state index contributed by atoms with van der Waals surface area (Å²) >= 11 is 0. The smallest absolute Gasteiger partial charge is 0.135 e. The number of H-pyrrole nitrogens is 2. The van der Waals surface area contributed by atoms with Gasteiger partial charge in [-0.15, -0.1) is 0 Å². The molecule has 0 spiro atoms. The van der Waals surface area contributed by atoms with Gasteiger partial charge in [-0.3, -0.25) is 10.1 Å². The lowest BCUT2D eigenvalue weighted by Gasteiger charge is -2.15. The van der Waals surface area contributed by atoms with Gasteiger partial charge >= 0.3 is 0 Å². The van der Waals surface area contributed by atoms with Gasteiger partial charge in [0.15, 0.2) is 0 Å². The number of likely N-dealkylation sites (N-methyl/N-ethyl adjacent to an activating group) is 1. The predicted molar refractivity (Wildman–Crippen MR) is 157 cm³/mol. The topological polar surface area (TPSA) is 85.5 Å². The molecule has 3 N–H and O–H groups in total. The van der Waals surface area contributed by atoms with Gasteiger partial charge in [-0.2, -0.15) is 5.10 Å². The number of allylic oxidation sites excluding steroid dienone is 4.